The molecule has 0 atom stereocenters. The predicted molar refractivity (Wildman–Crippen MR) is 126 cm³/mol. The average molecular weight is 417 g/mol. The highest BCUT2D eigenvalue weighted by Crippen LogP contribution is 2.36. The number of hydrogen-bond acceptors (Lipinski definition) is 1. The van der Waals surface area contributed by atoms with Crippen molar-refractivity contribution in [2.75, 3.05) is 0 Å². The molecule has 0 heterocycles. The molecule has 0 aromatic heterocycles. The van der Waals surface area contributed by atoms with Crippen molar-refractivity contribution in [3.8, 4) is 0 Å². The molecule has 1 saturated carbocycles. The number of Topliss-reactive ketones (excluding diaryl/α,β-unsaturated/α-hetero) is 1. The van der Waals surface area contributed by atoms with Crippen molar-refractivity contribution in [3.63, 3.8) is 0 Å². The van der Waals surface area contributed by atoms with E-state index in [1.54, 1.807) is 12.1 Å². The first-order valence-electron chi connectivity index (χ1n) is 13.0. The van der Waals surface area contributed by atoms with E-state index >= 15 is 0 Å². The third-order valence-electron chi connectivity index (χ3n) is 7.05. The summed E-state index contributed by atoms with van der Waals surface area (Å²) < 4.78 is 13.1. The molecule has 1 aromatic carbocycles. The van der Waals surface area contributed by atoms with E-state index in [4.69, 9.17) is 0 Å². The Balaban J connectivity index is 1.42. The first-order chi connectivity index (χ1) is 14.7. The lowest BCUT2D eigenvalue weighted by Crippen LogP contribution is -2.21. The summed E-state index contributed by atoms with van der Waals surface area (Å²) in [5.41, 5.74) is 1.23. The van der Waals surface area contributed by atoms with Gasteiger partial charge in [0.25, 0.3) is 0 Å². The van der Waals surface area contributed by atoms with Gasteiger partial charge in [-0.15, -0.1) is 0 Å². The molecule has 0 amide bonds. The quantitative estimate of drug-likeness (QED) is 0.245. The van der Waals surface area contributed by atoms with Gasteiger partial charge in [0.15, 0.2) is 0 Å². The first-order valence-corrected chi connectivity index (χ1v) is 13.0. The van der Waals surface area contributed by atoms with Crippen LogP contribution in [0.15, 0.2) is 24.3 Å². The molecule has 170 valence electrons. The van der Waals surface area contributed by atoms with Gasteiger partial charge in [0.05, 0.1) is 0 Å². The molecule has 0 radical (unpaired) electrons. The zero-order valence-corrected chi connectivity index (χ0v) is 19.5. The largest absolute Gasteiger partial charge is 0.299 e. The van der Waals surface area contributed by atoms with Gasteiger partial charge < -0.3 is 0 Å². The van der Waals surface area contributed by atoms with Gasteiger partial charge in [-0.05, 0) is 55.7 Å². The molecule has 2 heteroatoms. The Morgan fingerprint density at radius 2 is 1.20 bits per heavy atom. The van der Waals surface area contributed by atoms with E-state index in [1.807, 2.05) is 12.1 Å². The van der Waals surface area contributed by atoms with Crippen LogP contribution in [0.25, 0.3) is 0 Å². The maximum atomic E-state index is 13.1. The minimum atomic E-state index is -0.166. The van der Waals surface area contributed by atoms with Crippen LogP contribution in [0.2, 0.25) is 0 Å². The molecule has 1 aromatic rings. The van der Waals surface area contributed by atoms with Gasteiger partial charge in [-0.3, -0.25) is 4.79 Å². The first kappa shape index (κ1) is 25.1. The Morgan fingerprint density at radius 3 is 1.70 bits per heavy atom. The average Bonchev–Trinajstić information content (AvgIpc) is 2.77. The molecule has 0 unspecified atom stereocenters. The summed E-state index contributed by atoms with van der Waals surface area (Å²) in [6.07, 6.45) is 22.5. The summed E-state index contributed by atoms with van der Waals surface area (Å²) in [4.78, 5) is 12.5. The number of rotatable bonds is 16. The third kappa shape index (κ3) is 10.2. The molecule has 0 N–H and O–H groups in total. The summed E-state index contributed by atoms with van der Waals surface area (Å²) in [6.45, 7) is 2.28. The molecular formula is C28H45FO. The Kier molecular flexibility index (Phi) is 13.0. The summed E-state index contributed by atoms with van der Waals surface area (Å²) >= 11 is 0. The van der Waals surface area contributed by atoms with E-state index in [-0.39, 0.29) is 11.7 Å². The number of ketones is 1. The van der Waals surface area contributed by atoms with Crippen LogP contribution in [0.4, 0.5) is 4.39 Å². The Morgan fingerprint density at radius 1 is 0.733 bits per heavy atom. The molecule has 0 saturated heterocycles. The second-order valence-electron chi connectivity index (χ2n) is 9.56. The van der Waals surface area contributed by atoms with E-state index < -0.39 is 0 Å². The molecule has 30 heavy (non-hydrogen) atoms. The fourth-order valence-corrected chi connectivity index (χ4v) is 5.00. The highest BCUT2D eigenvalue weighted by atomic mass is 19.1. The van der Waals surface area contributed by atoms with E-state index in [0.717, 1.165) is 38.5 Å². The molecule has 2 rings (SSSR count). The van der Waals surface area contributed by atoms with Crippen molar-refractivity contribution in [1.29, 1.82) is 0 Å². The molecule has 0 spiro atoms. The second-order valence-corrected chi connectivity index (χ2v) is 9.56. The number of benzene rings is 1. The van der Waals surface area contributed by atoms with Gasteiger partial charge in [-0.2, -0.15) is 0 Å². The highest BCUT2D eigenvalue weighted by molar-refractivity contribution is 5.81. The summed E-state index contributed by atoms with van der Waals surface area (Å²) in [6, 6.07) is 6.94. The lowest BCUT2D eigenvalue weighted by molar-refractivity contribution is -0.124. The molecular weight excluding hydrogens is 371 g/mol. The lowest BCUT2D eigenvalue weighted by Gasteiger charge is -2.28. The van der Waals surface area contributed by atoms with Gasteiger partial charge >= 0.3 is 0 Å². The maximum absolute atomic E-state index is 13.1. The van der Waals surface area contributed by atoms with Crippen LogP contribution in [-0.4, -0.2) is 5.78 Å². The van der Waals surface area contributed by atoms with Crippen LogP contribution < -0.4 is 0 Å². The summed E-state index contributed by atoms with van der Waals surface area (Å²) in [7, 11) is 0. The fraction of sp³-hybridized carbons (Fsp3) is 0.750. The Hall–Kier alpha value is -1.18. The van der Waals surface area contributed by atoms with E-state index in [9.17, 15) is 9.18 Å². The van der Waals surface area contributed by atoms with Gasteiger partial charge in [-0.25, -0.2) is 4.39 Å². The van der Waals surface area contributed by atoms with Gasteiger partial charge in [0, 0.05) is 12.3 Å². The Labute approximate surface area is 185 Å². The third-order valence-corrected chi connectivity index (χ3v) is 7.05. The van der Waals surface area contributed by atoms with E-state index in [0.29, 0.717) is 11.7 Å². The lowest BCUT2D eigenvalue weighted by atomic mass is 9.76. The van der Waals surface area contributed by atoms with Crippen molar-refractivity contribution in [1.82, 2.24) is 0 Å². The smallest absolute Gasteiger partial charge is 0.135 e. The van der Waals surface area contributed by atoms with Crippen molar-refractivity contribution in [3.05, 3.63) is 35.6 Å². The van der Waals surface area contributed by atoms with Crippen LogP contribution in [0, 0.1) is 11.7 Å². The fourth-order valence-electron chi connectivity index (χ4n) is 5.00. The van der Waals surface area contributed by atoms with Gasteiger partial charge in [0.1, 0.15) is 11.6 Å². The normalized spacial score (nSPS) is 19.1. The van der Waals surface area contributed by atoms with Crippen molar-refractivity contribution >= 4 is 5.78 Å². The topological polar surface area (TPSA) is 17.1 Å². The van der Waals surface area contributed by atoms with Crippen LogP contribution in [0.1, 0.15) is 134 Å². The number of carbonyl (C=O) groups excluding carboxylic acids is 1. The standard InChI is InChI=1S/C28H45FO/c1-2-3-4-5-6-7-8-9-10-11-12-13-14-15-28(30)26-18-16-24(17-19-26)25-20-22-27(29)23-21-25/h20-24,26H,2-19H2,1H3. The SMILES string of the molecule is CCCCCCCCCCCCCCCC(=O)C1CCC(c2ccc(F)cc2)CC1. The monoisotopic (exact) mass is 416 g/mol. The molecule has 1 aliphatic rings. The van der Waals surface area contributed by atoms with Crippen LogP contribution >= 0.6 is 0 Å². The summed E-state index contributed by atoms with van der Waals surface area (Å²) in [5, 5.41) is 0. The highest BCUT2D eigenvalue weighted by Gasteiger charge is 2.26. The van der Waals surface area contributed by atoms with Crippen molar-refractivity contribution < 1.29 is 9.18 Å². The van der Waals surface area contributed by atoms with E-state index in [1.165, 1.54) is 82.6 Å². The van der Waals surface area contributed by atoms with Crippen LogP contribution in [0.3, 0.4) is 0 Å². The van der Waals surface area contributed by atoms with Gasteiger partial charge in [-0.1, -0.05) is 96.1 Å². The van der Waals surface area contributed by atoms with Crippen LogP contribution in [0.5, 0.6) is 0 Å². The molecule has 0 bridgehead atoms. The zero-order chi connectivity index (χ0) is 21.4. The number of halogens is 1. The van der Waals surface area contributed by atoms with Gasteiger partial charge in [0.2, 0.25) is 0 Å². The van der Waals surface area contributed by atoms with Crippen molar-refractivity contribution in [2.45, 2.75) is 128 Å². The number of hydrogen-bond donors (Lipinski definition) is 0. The molecule has 1 aliphatic carbocycles. The minimum absolute atomic E-state index is 0.166. The number of carbonyl (C=O) groups is 1. The molecule has 1 nitrogen and oxygen atoms in total. The predicted octanol–water partition coefficient (Wildman–Crippen LogP) is 9.15. The van der Waals surface area contributed by atoms with Crippen molar-refractivity contribution in [2.24, 2.45) is 5.92 Å². The zero-order valence-electron chi connectivity index (χ0n) is 19.5. The maximum Gasteiger partial charge on any atom is 0.135 e. The molecule has 1 fully saturated rings. The minimum Gasteiger partial charge on any atom is -0.299 e. The Bertz CT molecular complexity index is 557. The van der Waals surface area contributed by atoms with E-state index in [2.05, 4.69) is 6.92 Å². The summed E-state index contributed by atoms with van der Waals surface area (Å²) in [5.74, 6) is 1.11. The second kappa shape index (κ2) is 15.6. The molecule has 0 aliphatic heterocycles. The number of unbranched alkanes of at least 4 members (excludes halogenated alkanes) is 12. The van der Waals surface area contributed by atoms with Crippen LogP contribution in [-0.2, 0) is 4.79 Å².